The Kier molecular flexibility index (Phi) is 3.87. The molecule has 2 N–H and O–H groups in total. The van der Waals surface area contributed by atoms with Crippen molar-refractivity contribution in [3.63, 3.8) is 0 Å². The Labute approximate surface area is 106 Å². The lowest BCUT2D eigenvalue weighted by atomic mass is 9.83. The van der Waals surface area contributed by atoms with E-state index in [0.717, 1.165) is 19.3 Å². The van der Waals surface area contributed by atoms with Crippen molar-refractivity contribution in [3.05, 3.63) is 17.5 Å². The van der Waals surface area contributed by atoms with Gasteiger partial charge in [0.1, 0.15) is 4.21 Å². The molecule has 1 aliphatic rings. The van der Waals surface area contributed by atoms with E-state index in [1.54, 1.807) is 17.5 Å². The van der Waals surface area contributed by atoms with Crippen LogP contribution < -0.4 is 4.72 Å². The van der Waals surface area contributed by atoms with E-state index < -0.39 is 15.6 Å². The van der Waals surface area contributed by atoms with Crippen LogP contribution in [-0.4, -0.2) is 25.7 Å². The third-order valence-electron chi connectivity index (χ3n) is 3.22. The van der Waals surface area contributed by atoms with Crippen molar-refractivity contribution >= 4 is 21.4 Å². The Balaban J connectivity index is 2.19. The molecule has 96 valence electrons. The minimum absolute atomic E-state index is 0.127. The molecule has 0 unspecified atom stereocenters. The molecule has 0 spiro atoms. The van der Waals surface area contributed by atoms with Gasteiger partial charge in [-0.1, -0.05) is 25.3 Å². The number of hydrogen-bond acceptors (Lipinski definition) is 4. The highest BCUT2D eigenvalue weighted by Crippen LogP contribution is 2.30. The SMILES string of the molecule is O=S(=O)(NC1(CO)CCCCC1)c1cccs1. The molecular formula is C11H17NO3S2. The molecule has 2 rings (SSSR count). The fourth-order valence-electron chi connectivity index (χ4n) is 2.27. The third kappa shape index (κ3) is 2.88. The Morgan fingerprint density at radius 1 is 1.35 bits per heavy atom. The van der Waals surface area contributed by atoms with E-state index in [0.29, 0.717) is 17.1 Å². The third-order valence-corrected chi connectivity index (χ3v) is 6.20. The fourth-order valence-corrected chi connectivity index (χ4v) is 4.72. The average molecular weight is 275 g/mol. The molecule has 0 bridgehead atoms. The van der Waals surface area contributed by atoms with Crippen LogP contribution in [0.5, 0.6) is 0 Å². The summed E-state index contributed by atoms with van der Waals surface area (Å²) in [7, 11) is -3.48. The molecule has 0 saturated heterocycles. The highest BCUT2D eigenvalue weighted by Gasteiger charge is 2.36. The van der Waals surface area contributed by atoms with Gasteiger partial charge in [-0.15, -0.1) is 11.3 Å². The predicted octanol–water partition coefficient (Wildman–Crippen LogP) is 1.72. The van der Waals surface area contributed by atoms with Crippen LogP contribution >= 0.6 is 11.3 Å². The molecule has 6 heteroatoms. The smallest absolute Gasteiger partial charge is 0.250 e. The topological polar surface area (TPSA) is 66.4 Å². The van der Waals surface area contributed by atoms with Crippen LogP contribution in [0.2, 0.25) is 0 Å². The van der Waals surface area contributed by atoms with Crippen molar-refractivity contribution in [2.45, 2.75) is 41.9 Å². The number of rotatable bonds is 4. The van der Waals surface area contributed by atoms with Crippen molar-refractivity contribution in [3.8, 4) is 0 Å². The Morgan fingerprint density at radius 3 is 2.59 bits per heavy atom. The van der Waals surface area contributed by atoms with Gasteiger partial charge in [-0.25, -0.2) is 13.1 Å². The molecule has 4 nitrogen and oxygen atoms in total. The van der Waals surface area contributed by atoms with Crippen LogP contribution in [0.3, 0.4) is 0 Å². The van der Waals surface area contributed by atoms with E-state index in [1.807, 2.05) is 0 Å². The van der Waals surface area contributed by atoms with E-state index >= 15 is 0 Å². The molecule has 1 aromatic rings. The second-order valence-electron chi connectivity index (χ2n) is 4.54. The largest absolute Gasteiger partial charge is 0.394 e. The average Bonchev–Trinajstić information content (AvgIpc) is 2.84. The van der Waals surface area contributed by atoms with Crippen LogP contribution in [0.25, 0.3) is 0 Å². The maximum atomic E-state index is 12.1. The van der Waals surface area contributed by atoms with Gasteiger partial charge < -0.3 is 5.11 Å². The summed E-state index contributed by atoms with van der Waals surface area (Å²) in [6, 6.07) is 3.30. The van der Waals surface area contributed by atoms with Gasteiger partial charge in [0, 0.05) is 0 Å². The van der Waals surface area contributed by atoms with Crippen molar-refractivity contribution in [2.75, 3.05) is 6.61 Å². The number of thiophene rings is 1. The fraction of sp³-hybridized carbons (Fsp3) is 0.636. The molecule has 17 heavy (non-hydrogen) atoms. The summed E-state index contributed by atoms with van der Waals surface area (Å²) in [5, 5.41) is 11.2. The molecule has 0 radical (unpaired) electrons. The van der Waals surface area contributed by atoms with Crippen molar-refractivity contribution in [1.29, 1.82) is 0 Å². The summed E-state index contributed by atoms with van der Waals surface area (Å²) in [5.74, 6) is 0. The second-order valence-corrected chi connectivity index (χ2v) is 7.39. The van der Waals surface area contributed by atoms with E-state index in [-0.39, 0.29) is 6.61 Å². The second kappa shape index (κ2) is 5.06. The zero-order valence-corrected chi connectivity index (χ0v) is 11.2. The zero-order chi connectivity index (χ0) is 12.4. The summed E-state index contributed by atoms with van der Waals surface area (Å²) in [6.45, 7) is -0.127. The summed E-state index contributed by atoms with van der Waals surface area (Å²) in [5.41, 5.74) is -0.652. The van der Waals surface area contributed by atoms with E-state index in [1.165, 1.54) is 11.3 Å². The van der Waals surface area contributed by atoms with E-state index in [9.17, 15) is 13.5 Å². The lowest BCUT2D eigenvalue weighted by Gasteiger charge is -2.35. The molecule has 1 aromatic heterocycles. The number of hydrogen-bond donors (Lipinski definition) is 2. The summed E-state index contributed by atoms with van der Waals surface area (Å²) in [6.07, 6.45) is 4.48. The first kappa shape index (κ1) is 13.0. The maximum Gasteiger partial charge on any atom is 0.250 e. The number of sulfonamides is 1. The highest BCUT2D eigenvalue weighted by molar-refractivity contribution is 7.91. The van der Waals surface area contributed by atoms with Gasteiger partial charge >= 0.3 is 0 Å². The minimum atomic E-state index is -3.48. The number of nitrogens with one attached hydrogen (secondary N) is 1. The van der Waals surface area contributed by atoms with Gasteiger partial charge in [-0.3, -0.25) is 0 Å². The van der Waals surface area contributed by atoms with Gasteiger partial charge in [0.05, 0.1) is 12.1 Å². The van der Waals surface area contributed by atoms with E-state index in [4.69, 9.17) is 0 Å². The van der Waals surface area contributed by atoms with E-state index in [2.05, 4.69) is 4.72 Å². The minimum Gasteiger partial charge on any atom is -0.394 e. The zero-order valence-electron chi connectivity index (χ0n) is 9.55. The summed E-state index contributed by atoms with van der Waals surface area (Å²) >= 11 is 1.20. The lowest BCUT2D eigenvalue weighted by Crippen LogP contribution is -2.52. The lowest BCUT2D eigenvalue weighted by molar-refractivity contribution is 0.142. The van der Waals surface area contributed by atoms with Crippen LogP contribution in [-0.2, 0) is 10.0 Å². The Morgan fingerprint density at radius 2 is 2.06 bits per heavy atom. The van der Waals surface area contributed by atoms with Gasteiger partial charge in [0.2, 0.25) is 0 Å². The van der Waals surface area contributed by atoms with Crippen LogP contribution in [0, 0.1) is 0 Å². The molecule has 1 heterocycles. The van der Waals surface area contributed by atoms with Crippen molar-refractivity contribution in [2.24, 2.45) is 0 Å². The standard InChI is InChI=1S/C11H17NO3S2/c13-9-11(6-2-1-3-7-11)12-17(14,15)10-5-4-8-16-10/h4-5,8,12-13H,1-3,6-7,9H2. The van der Waals surface area contributed by atoms with Crippen molar-refractivity contribution in [1.82, 2.24) is 4.72 Å². The molecule has 0 atom stereocenters. The Hall–Kier alpha value is -0.430. The van der Waals surface area contributed by atoms with Crippen LogP contribution in [0.4, 0.5) is 0 Å². The monoisotopic (exact) mass is 275 g/mol. The van der Waals surface area contributed by atoms with Crippen LogP contribution in [0.15, 0.2) is 21.7 Å². The summed E-state index contributed by atoms with van der Waals surface area (Å²) in [4.78, 5) is 0. The normalized spacial score (nSPS) is 20.3. The maximum absolute atomic E-state index is 12.1. The highest BCUT2D eigenvalue weighted by atomic mass is 32.2. The van der Waals surface area contributed by atoms with Gasteiger partial charge in [0.15, 0.2) is 0 Å². The number of aliphatic hydroxyl groups excluding tert-OH is 1. The van der Waals surface area contributed by atoms with Gasteiger partial charge in [-0.05, 0) is 24.3 Å². The Bertz CT molecular complexity index is 447. The molecule has 1 saturated carbocycles. The predicted molar refractivity (Wildman–Crippen MR) is 67.5 cm³/mol. The molecule has 0 aliphatic heterocycles. The molecule has 1 fully saturated rings. The van der Waals surface area contributed by atoms with Gasteiger partial charge in [-0.2, -0.15) is 0 Å². The first-order chi connectivity index (χ1) is 8.08. The molecule has 0 amide bonds. The number of aliphatic hydroxyl groups is 1. The summed E-state index contributed by atoms with van der Waals surface area (Å²) < 4.78 is 27.2. The van der Waals surface area contributed by atoms with Crippen molar-refractivity contribution < 1.29 is 13.5 Å². The first-order valence-corrected chi connectivity index (χ1v) is 8.13. The van der Waals surface area contributed by atoms with Gasteiger partial charge in [0.25, 0.3) is 10.0 Å². The van der Waals surface area contributed by atoms with Crippen LogP contribution in [0.1, 0.15) is 32.1 Å². The molecular weight excluding hydrogens is 258 g/mol. The molecule has 1 aliphatic carbocycles. The first-order valence-electron chi connectivity index (χ1n) is 5.76. The molecule has 0 aromatic carbocycles. The quantitative estimate of drug-likeness (QED) is 0.879.